The molecular formula is C20H23F2NO2. The van der Waals surface area contributed by atoms with Crippen molar-refractivity contribution in [1.29, 1.82) is 0 Å². The van der Waals surface area contributed by atoms with Crippen LogP contribution in [-0.2, 0) is 13.0 Å². The summed E-state index contributed by atoms with van der Waals surface area (Å²) in [5.41, 5.74) is 1.81. The number of halogens is 2. The minimum absolute atomic E-state index is 0.401. The second-order valence-electron chi connectivity index (χ2n) is 6.52. The molecule has 1 unspecified atom stereocenters. The normalized spacial score (nSPS) is 17.7. The Balaban J connectivity index is 1.64. The largest absolute Gasteiger partial charge is 0.493 e. The predicted octanol–water partition coefficient (Wildman–Crippen LogP) is 4.05. The van der Waals surface area contributed by atoms with Crippen LogP contribution in [-0.4, -0.2) is 32.2 Å². The molecule has 0 saturated carbocycles. The molecule has 1 atom stereocenters. The third kappa shape index (κ3) is 4.28. The van der Waals surface area contributed by atoms with Crippen molar-refractivity contribution >= 4 is 0 Å². The Labute approximate surface area is 147 Å². The van der Waals surface area contributed by atoms with Gasteiger partial charge in [0.1, 0.15) is 11.6 Å². The van der Waals surface area contributed by atoms with Gasteiger partial charge in [-0.05, 0) is 49.1 Å². The Morgan fingerprint density at radius 3 is 2.52 bits per heavy atom. The van der Waals surface area contributed by atoms with Gasteiger partial charge in [-0.15, -0.1) is 0 Å². The first-order chi connectivity index (χ1) is 12.1. The number of rotatable bonds is 6. The molecule has 0 spiro atoms. The van der Waals surface area contributed by atoms with Crippen molar-refractivity contribution in [3.8, 4) is 11.5 Å². The monoisotopic (exact) mass is 347 g/mol. The van der Waals surface area contributed by atoms with Gasteiger partial charge in [-0.1, -0.05) is 12.1 Å². The molecule has 25 heavy (non-hydrogen) atoms. The third-order valence-corrected chi connectivity index (χ3v) is 4.70. The molecule has 1 saturated heterocycles. The minimum atomic E-state index is -0.508. The lowest BCUT2D eigenvalue weighted by Crippen LogP contribution is -2.21. The number of benzene rings is 2. The zero-order valence-electron chi connectivity index (χ0n) is 14.6. The van der Waals surface area contributed by atoms with Crippen molar-refractivity contribution in [2.24, 2.45) is 5.92 Å². The lowest BCUT2D eigenvalue weighted by molar-refractivity contribution is 0.302. The highest BCUT2D eigenvalue weighted by Gasteiger charge is 2.24. The average Bonchev–Trinajstić information content (AvgIpc) is 3.00. The molecule has 2 aromatic carbocycles. The van der Waals surface area contributed by atoms with E-state index in [2.05, 4.69) is 4.90 Å². The molecule has 0 N–H and O–H groups in total. The third-order valence-electron chi connectivity index (χ3n) is 4.70. The van der Waals surface area contributed by atoms with Crippen molar-refractivity contribution in [1.82, 2.24) is 4.90 Å². The van der Waals surface area contributed by atoms with E-state index < -0.39 is 11.6 Å². The van der Waals surface area contributed by atoms with Gasteiger partial charge in [-0.25, -0.2) is 8.78 Å². The molecule has 1 aliphatic rings. The van der Waals surface area contributed by atoms with Crippen LogP contribution in [0.1, 0.15) is 17.5 Å². The molecule has 0 aromatic heterocycles. The number of hydrogen-bond acceptors (Lipinski definition) is 3. The van der Waals surface area contributed by atoms with Crippen LogP contribution in [0.25, 0.3) is 0 Å². The van der Waals surface area contributed by atoms with E-state index in [-0.39, 0.29) is 0 Å². The molecule has 0 aliphatic carbocycles. The van der Waals surface area contributed by atoms with E-state index in [1.807, 2.05) is 18.2 Å². The smallest absolute Gasteiger partial charge is 0.165 e. The number of hydrogen-bond donors (Lipinski definition) is 0. The number of nitrogens with zero attached hydrogens (tertiary/aromatic N) is 1. The molecule has 134 valence electrons. The van der Waals surface area contributed by atoms with Crippen molar-refractivity contribution in [3.05, 3.63) is 59.2 Å². The number of ether oxygens (including phenoxy) is 2. The van der Waals surface area contributed by atoms with E-state index in [0.29, 0.717) is 12.3 Å². The summed E-state index contributed by atoms with van der Waals surface area (Å²) in [5, 5.41) is 0. The Morgan fingerprint density at radius 2 is 1.84 bits per heavy atom. The molecule has 0 bridgehead atoms. The van der Waals surface area contributed by atoms with E-state index in [9.17, 15) is 8.78 Å². The number of likely N-dealkylation sites (tertiary alicyclic amines) is 1. The predicted molar refractivity (Wildman–Crippen MR) is 93.0 cm³/mol. The van der Waals surface area contributed by atoms with Crippen molar-refractivity contribution in [2.45, 2.75) is 19.4 Å². The number of para-hydroxylation sites is 1. The summed E-state index contributed by atoms with van der Waals surface area (Å²) >= 11 is 0. The van der Waals surface area contributed by atoms with E-state index in [1.54, 1.807) is 14.2 Å². The van der Waals surface area contributed by atoms with Crippen LogP contribution in [0.15, 0.2) is 36.4 Å². The van der Waals surface area contributed by atoms with Gasteiger partial charge in [-0.3, -0.25) is 4.90 Å². The van der Waals surface area contributed by atoms with Crippen molar-refractivity contribution in [3.63, 3.8) is 0 Å². The molecule has 1 heterocycles. The van der Waals surface area contributed by atoms with Crippen LogP contribution in [0.5, 0.6) is 11.5 Å². The van der Waals surface area contributed by atoms with Crippen LogP contribution in [0, 0.1) is 17.6 Å². The summed E-state index contributed by atoms with van der Waals surface area (Å²) in [7, 11) is 3.28. The van der Waals surface area contributed by atoms with Gasteiger partial charge in [-0.2, -0.15) is 0 Å². The Morgan fingerprint density at radius 1 is 1.08 bits per heavy atom. The maximum atomic E-state index is 13.3. The zero-order chi connectivity index (χ0) is 17.8. The molecule has 3 nitrogen and oxygen atoms in total. The molecule has 0 radical (unpaired) electrons. The van der Waals surface area contributed by atoms with Gasteiger partial charge in [0, 0.05) is 24.7 Å². The van der Waals surface area contributed by atoms with Gasteiger partial charge >= 0.3 is 0 Å². The maximum absolute atomic E-state index is 13.3. The summed E-state index contributed by atoms with van der Waals surface area (Å²) < 4.78 is 37.5. The van der Waals surface area contributed by atoms with E-state index in [0.717, 1.165) is 54.7 Å². The molecule has 3 rings (SSSR count). The molecule has 2 aromatic rings. The topological polar surface area (TPSA) is 21.7 Å². The standard InChI is InChI=1S/C20H23F2NO2/c1-24-19-5-3-4-16(20(19)25-2)13-23-7-6-14(12-23)8-15-9-17(21)11-18(22)10-15/h3-5,9-11,14H,6-8,12-13H2,1-2H3. The lowest BCUT2D eigenvalue weighted by Gasteiger charge is -2.19. The SMILES string of the molecule is COc1cccc(CN2CCC(Cc3cc(F)cc(F)c3)C2)c1OC. The van der Waals surface area contributed by atoms with Crippen LogP contribution < -0.4 is 9.47 Å². The first-order valence-corrected chi connectivity index (χ1v) is 8.46. The fraction of sp³-hybridized carbons (Fsp3) is 0.400. The second kappa shape index (κ2) is 7.83. The number of methoxy groups -OCH3 is 2. The molecular weight excluding hydrogens is 324 g/mol. The Kier molecular flexibility index (Phi) is 5.53. The van der Waals surface area contributed by atoms with E-state index in [4.69, 9.17) is 9.47 Å². The summed E-state index contributed by atoms with van der Waals surface area (Å²) in [6.07, 6.45) is 1.71. The van der Waals surface area contributed by atoms with Crippen LogP contribution in [0.3, 0.4) is 0 Å². The molecule has 1 fully saturated rings. The first kappa shape index (κ1) is 17.7. The highest BCUT2D eigenvalue weighted by Crippen LogP contribution is 2.33. The molecule has 0 amide bonds. The van der Waals surface area contributed by atoms with Crippen molar-refractivity contribution < 1.29 is 18.3 Å². The van der Waals surface area contributed by atoms with Gasteiger partial charge < -0.3 is 9.47 Å². The van der Waals surface area contributed by atoms with E-state index >= 15 is 0 Å². The maximum Gasteiger partial charge on any atom is 0.165 e. The molecule has 1 aliphatic heterocycles. The quantitative estimate of drug-likeness (QED) is 0.787. The van der Waals surface area contributed by atoms with Crippen molar-refractivity contribution in [2.75, 3.05) is 27.3 Å². The Hall–Kier alpha value is -2.14. The van der Waals surface area contributed by atoms with Crippen LogP contribution >= 0.6 is 0 Å². The lowest BCUT2D eigenvalue weighted by atomic mass is 9.98. The first-order valence-electron chi connectivity index (χ1n) is 8.46. The minimum Gasteiger partial charge on any atom is -0.493 e. The second-order valence-corrected chi connectivity index (χ2v) is 6.52. The fourth-order valence-electron chi connectivity index (χ4n) is 3.60. The van der Waals surface area contributed by atoms with Gasteiger partial charge in [0.05, 0.1) is 14.2 Å². The summed E-state index contributed by atoms with van der Waals surface area (Å²) in [5.74, 6) is 0.876. The highest BCUT2D eigenvalue weighted by molar-refractivity contribution is 5.46. The molecule has 5 heteroatoms. The van der Waals surface area contributed by atoms with Gasteiger partial charge in [0.2, 0.25) is 0 Å². The van der Waals surface area contributed by atoms with Gasteiger partial charge in [0.25, 0.3) is 0 Å². The summed E-state index contributed by atoms with van der Waals surface area (Å²) in [4.78, 5) is 2.34. The van der Waals surface area contributed by atoms with Crippen LogP contribution in [0.2, 0.25) is 0 Å². The zero-order valence-corrected chi connectivity index (χ0v) is 14.6. The Bertz CT molecular complexity index is 715. The van der Waals surface area contributed by atoms with Gasteiger partial charge in [0.15, 0.2) is 11.5 Å². The summed E-state index contributed by atoms with van der Waals surface area (Å²) in [6.45, 7) is 2.63. The fourth-order valence-corrected chi connectivity index (χ4v) is 3.60. The average molecular weight is 347 g/mol. The highest BCUT2D eigenvalue weighted by atomic mass is 19.1. The summed E-state index contributed by atoms with van der Waals surface area (Å²) in [6, 6.07) is 9.65. The van der Waals surface area contributed by atoms with Crippen LogP contribution in [0.4, 0.5) is 8.78 Å². The van der Waals surface area contributed by atoms with E-state index in [1.165, 1.54) is 12.1 Å².